The fourth-order valence-corrected chi connectivity index (χ4v) is 3.04. The molecule has 1 aromatic heterocycles. The Kier molecular flexibility index (Phi) is 4.33. The van der Waals surface area contributed by atoms with Gasteiger partial charge in [-0.3, -0.25) is 14.9 Å². The first-order valence-electron chi connectivity index (χ1n) is 8.50. The number of ether oxygens (including phenoxy) is 1. The van der Waals surface area contributed by atoms with E-state index in [1.807, 2.05) is 36.4 Å². The zero-order chi connectivity index (χ0) is 19.7. The molecule has 28 heavy (non-hydrogen) atoms. The third kappa shape index (κ3) is 2.99. The Bertz CT molecular complexity index is 1230. The van der Waals surface area contributed by atoms with Crippen molar-refractivity contribution in [1.29, 1.82) is 0 Å². The van der Waals surface area contributed by atoms with Crippen LogP contribution in [0.3, 0.4) is 0 Å². The molecule has 138 valence electrons. The molecule has 7 nitrogen and oxygen atoms in total. The Morgan fingerprint density at radius 1 is 0.929 bits per heavy atom. The van der Waals surface area contributed by atoms with Crippen LogP contribution in [0.5, 0.6) is 5.75 Å². The first-order valence-corrected chi connectivity index (χ1v) is 8.50. The number of hydrogen-bond acceptors (Lipinski definition) is 5. The van der Waals surface area contributed by atoms with Gasteiger partial charge in [0.25, 0.3) is 11.2 Å². The molecule has 0 radical (unpaired) electrons. The third-order valence-corrected chi connectivity index (χ3v) is 4.47. The topological polar surface area (TPSA) is 87.3 Å². The van der Waals surface area contributed by atoms with Gasteiger partial charge in [0.1, 0.15) is 5.75 Å². The van der Waals surface area contributed by atoms with Crippen LogP contribution >= 0.6 is 0 Å². The van der Waals surface area contributed by atoms with Crippen LogP contribution in [0.2, 0.25) is 0 Å². The first kappa shape index (κ1) is 17.4. The highest BCUT2D eigenvalue weighted by atomic mass is 16.6. The average molecular weight is 373 g/mol. The summed E-state index contributed by atoms with van der Waals surface area (Å²) in [6.07, 6.45) is 0. The van der Waals surface area contributed by atoms with E-state index >= 15 is 0 Å². The van der Waals surface area contributed by atoms with Gasteiger partial charge in [0.15, 0.2) is 0 Å². The zero-order valence-electron chi connectivity index (χ0n) is 14.9. The molecule has 1 heterocycles. The molecule has 0 saturated carbocycles. The molecule has 0 N–H and O–H groups in total. The summed E-state index contributed by atoms with van der Waals surface area (Å²) in [7, 11) is 1.59. The maximum absolute atomic E-state index is 13.0. The number of methoxy groups -OCH3 is 1. The number of nitro benzene ring substituents is 1. The van der Waals surface area contributed by atoms with E-state index in [4.69, 9.17) is 4.74 Å². The molecule has 0 atom stereocenters. The molecule has 0 aliphatic heterocycles. The summed E-state index contributed by atoms with van der Waals surface area (Å²) in [6, 6.07) is 20.4. The second kappa shape index (κ2) is 6.96. The number of aromatic nitrogens is 2. The van der Waals surface area contributed by atoms with Gasteiger partial charge >= 0.3 is 0 Å². The normalized spacial score (nSPS) is 10.8. The molecule has 0 unspecified atom stereocenters. The number of non-ortho nitro benzene ring substituents is 1. The standard InChI is InChI=1S/C21H15N3O4/c1-28-17-12-6-14(7-13-17)20-18-4-2-3-5-19(18)21(25)23(22-20)15-8-10-16(11-9-15)24(26)27/h2-13H,1H3. The summed E-state index contributed by atoms with van der Waals surface area (Å²) in [5.41, 5.74) is 1.58. The summed E-state index contributed by atoms with van der Waals surface area (Å²) in [6.45, 7) is 0. The Morgan fingerprint density at radius 3 is 2.18 bits per heavy atom. The van der Waals surface area contributed by atoms with Gasteiger partial charge in [0.05, 0.1) is 28.8 Å². The van der Waals surface area contributed by atoms with E-state index in [1.165, 1.54) is 28.9 Å². The smallest absolute Gasteiger partial charge is 0.279 e. The quantitative estimate of drug-likeness (QED) is 0.399. The van der Waals surface area contributed by atoms with Gasteiger partial charge in [-0.15, -0.1) is 0 Å². The molecule has 7 heteroatoms. The lowest BCUT2D eigenvalue weighted by Crippen LogP contribution is -2.22. The van der Waals surface area contributed by atoms with E-state index in [0.717, 1.165) is 16.7 Å². The molecule has 0 aliphatic rings. The van der Waals surface area contributed by atoms with Crippen molar-refractivity contribution in [3.8, 4) is 22.7 Å². The lowest BCUT2D eigenvalue weighted by atomic mass is 10.0. The Morgan fingerprint density at radius 2 is 1.57 bits per heavy atom. The average Bonchev–Trinajstić information content (AvgIpc) is 2.74. The fraction of sp³-hybridized carbons (Fsp3) is 0.0476. The number of nitro groups is 1. The van der Waals surface area contributed by atoms with Crippen molar-refractivity contribution >= 4 is 16.5 Å². The van der Waals surface area contributed by atoms with Crippen LogP contribution in [0.25, 0.3) is 27.7 Å². The summed E-state index contributed by atoms with van der Waals surface area (Å²) < 4.78 is 6.47. The number of hydrogen-bond donors (Lipinski definition) is 0. The van der Waals surface area contributed by atoms with Crippen molar-refractivity contribution in [2.24, 2.45) is 0 Å². The van der Waals surface area contributed by atoms with Gasteiger partial charge in [-0.1, -0.05) is 18.2 Å². The van der Waals surface area contributed by atoms with E-state index in [9.17, 15) is 14.9 Å². The van der Waals surface area contributed by atoms with E-state index in [-0.39, 0.29) is 11.2 Å². The number of nitrogens with zero attached hydrogens (tertiary/aromatic N) is 3. The van der Waals surface area contributed by atoms with Gasteiger partial charge < -0.3 is 4.74 Å². The molecule has 0 saturated heterocycles. The van der Waals surface area contributed by atoms with Gasteiger partial charge in [-0.05, 0) is 42.5 Å². The molecule has 3 aromatic carbocycles. The van der Waals surface area contributed by atoms with Gasteiger partial charge in [0.2, 0.25) is 0 Å². The summed E-state index contributed by atoms with van der Waals surface area (Å²) in [5, 5.41) is 16.7. The highest BCUT2D eigenvalue weighted by Crippen LogP contribution is 2.27. The third-order valence-electron chi connectivity index (χ3n) is 4.47. The molecule has 0 spiro atoms. The van der Waals surface area contributed by atoms with E-state index in [1.54, 1.807) is 19.2 Å². The Labute approximate surface area is 159 Å². The SMILES string of the molecule is COc1ccc(-c2nn(-c3ccc([N+](=O)[O-])cc3)c(=O)c3ccccc23)cc1. The minimum Gasteiger partial charge on any atom is -0.497 e. The van der Waals surface area contributed by atoms with Crippen LogP contribution in [-0.2, 0) is 0 Å². The molecule has 0 bridgehead atoms. The van der Waals surface area contributed by atoms with Crippen LogP contribution in [0.15, 0.2) is 77.6 Å². The summed E-state index contributed by atoms with van der Waals surface area (Å²) >= 11 is 0. The Hall–Kier alpha value is -4.00. The number of fused-ring (bicyclic) bond motifs is 1. The van der Waals surface area contributed by atoms with Crippen molar-refractivity contribution in [1.82, 2.24) is 9.78 Å². The maximum atomic E-state index is 13.0. The Balaban J connectivity index is 1.96. The predicted octanol–water partition coefficient (Wildman–Crippen LogP) is 3.97. The minimum atomic E-state index is -0.483. The molecule has 0 amide bonds. The van der Waals surface area contributed by atoms with Crippen LogP contribution in [0, 0.1) is 10.1 Å². The van der Waals surface area contributed by atoms with Crippen molar-refractivity contribution in [3.05, 3.63) is 93.3 Å². The van der Waals surface area contributed by atoms with Gasteiger partial charge in [0, 0.05) is 23.1 Å². The molecule has 4 aromatic rings. The predicted molar refractivity (Wildman–Crippen MR) is 106 cm³/mol. The lowest BCUT2D eigenvalue weighted by Gasteiger charge is -2.11. The van der Waals surface area contributed by atoms with E-state index in [2.05, 4.69) is 5.10 Å². The van der Waals surface area contributed by atoms with Crippen molar-refractivity contribution in [3.63, 3.8) is 0 Å². The van der Waals surface area contributed by atoms with E-state index in [0.29, 0.717) is 16.8 Å². The summed E-state index contributed by atoms with van der Waals surface area (Å²) in [5.74, 6) is 0.719. The second-order valence-electron chi connectivity index (χ2n) is 6.11. The lowest BCUT2D eigenvalue weighted by molar-refractivity contribution is -0.384. The number of rotatable bonds is 4. The van der Waals surface area contributed by atoms with Crippen molar-refractivity contribution in [2.75, 3.05) is 7.11 Å². The number of benzene rings is 3. The van der Waals surface area contributed by atoms with Crippen molar-refractivity contribution < 1.29 is 9.66 Å². The molecular formula is C21H15N3O4. The van der Waals surface area contributed by atoms with Crippen LogP contribution in [-0.4, -0.2) is 21.8 Å². The van der Waals surface area contributed by atoms with Crippen LogP contribution < -0.4 is 10.3 Å². The highest BCUT2D eigenvalue weighted by molar-refractivity contribution is 5.94. The molecule has 0 fully saturated rings. The zero-order valence-corrected chi connectivity index (χ0v) is 14.9. The largest absolute Gasteiger partial charge is 0.497 e. The summed E-state index contributed by atoms with van der Waals surface area (Å²) in [4.78, 5) is 23.4. The van der Waals surface area contributed by atoms with Gasteiger partial charge in [-0.2, -0.15) is 9.78 Å². The molecule has 0 aliphatic carbocycles. The fourth-order valence-electron chi connectivity index (χ4n) is 3.04. The molecule has 4 rings (SSSR count). The molecular weight excluding hydrogens is 358 g/mol. The second-order valence-corrected chi connectivity index (χ2v) is 6.11. The van der Waals surface area contributed by atoms with Gasteiger partial charge in [-0.25, -0.2) is 0 Å². The van der Waals surface area contributed by atoms with Crippen LogP contribution in [0.4, 0.5) is 5.69 Å². The monoisotopic (exact) mass is 373 g/mol. The van der Waals surface area contributed by atoms with Crippen LogP contribution in [0.1, 0.15) is 0 Å². The maximum Gasteiger partial charge on any atom is 0.279 e. The highest BCUT2D eigenvalue weighted by Gasteiger charge is 2.14. The van der Waals surface area contributed by atoms with E-state index < -0.39 is 4.92 Å². The van der Waals surface area contributed by atoms with Crippen molar-refractivity contribution in [2.45, 2.75) is 0 Å². The minimum absolute atomic E-state index is 0.0482. The first-order chi connectivity index (χ1) is 13.6.